The van der Waals surface area contributed by atoms with Gasteiger partial charge in [-0.3, -0.25) is 9.36 Å². The van der Waals surface area contributed by atoms with Gasteiger partial charge in [0.05, 0.1) is 17.0 Å². The van der Waals surface area contributed by atoms with Crippen molar-refractivity contribution < 1.29 is 18.7 Å². The molecule has 1 amide bonds. The Labute approximate surface area is 183 Å². The Morgan fingerprint density at radius 3 is 2.71 bits per heavy atom. The van der Waals surface area contributed by atoms with Crippen molar-refractivity contribution in [1.82, 2.24) is 4.57 Å². The van der Waals surface area contributed by atoms with Crippen LogP contribution in [-0.2, 0) is 4.79 Å². The number of nitriles is 1. The quantitative estimate of drug-likeness (QED) is 0.590. The second kappa shape index (κ2) is 8.74. The second-order valence-electron chi connectivity index (χ2n) is 7.00. The van der Waals surface area contributed by atoms with Gasteiger partial charge in [-0.15, -0.1) is 11.8 Å². The Morgan fingerprint density at radius 1 is 1.19 bits per heavy atom. The number of fused-ring (bicyclic) bond motifs is 1. The number of halogens is 1. The molecule has 0 saturated carbocycles. The van der Waals surface area contributed by atoms with Crippen LogP contribution in [0.3, 0.4) is 0 Å². The van der Waals surface area contributed by atoms with Crippen molar-refractivity contribution in [2.24, 2.45) is 0 Å². The van der Waals surface area contributed by atoms with Crippen LogP contribution in [0.2, 0.25) is 0 Å². The molecule has 4 rings (SSSR count). The number of rotatable bonds is 5. The van der Waals surface area contributed by atoms with E-state index in [1.807, 2.05) is 32.0 Å². The smallest absolute Gasteiger partial charge is 0.235 e. The van der Waals surface area contributed by atoms with Crippen LogP contribution < -0.4 is 14.8 Å². The van der Waals surface area contributed by atoms with E-state index in [0.29, 0.717) is 41.8 Å². The highest BCUT2D eigenvalue weighted by Crippen LogP contribution is 2.34. The molecule has 8 heteroatoms. The van der Waals surface area contributed by atoms with Gasteiger partial charge in [0.2, 0.25) is 5.91 Å². The van der Waals surface area contributed by atoms with E-state index >= 15 is 0 Å². The zero-order valence-corrected chi connectivity index (χ0v) is 17.9. The van der Waals surface area contributed by atoms with E-state index in [2.05, 4.69) is 11.4 Å². The zero-order valence-electron chi connectivity index (χ0n) is 17.1. The average molecular weight is 437 g/mol. The van der Waals surface area contributed by atoms with Crippen molar-refractivity contribution in [3.63, 3.8) is 0 Å². The summed E-state index contributed by atoms with van der Waals surface area (Å²) in [5.74, 6) is 1.17. The monoisotopic (exact) mass is 437 g/mol. The highest BCUT2D eigenvalue weighted by atomic mass is 32.2. The summed E-state index contributed by atoms with van der Waals surface area (Å²) < 4.78 is 26.6. The fourth-order valence-corrected chi connectivity index (χ4v) is 4.15. The first-order valence-corrected chi connectivity index (χ1v) is 10.7. The first-order chi connectivity index (χ1) is 15.0. The van der Waals surface area contributed by atoms with Crippen LogP contribution in [-0.4, -0.2) is 29.4 Å². The first kappa shape index (κ1) is 20.8. The predicted octanol–water partition coefficient (Wildman–Crippen LogP) is 4.61. The lowest BCUT2D eigenvalue weighted by atomic mass is 10.2. The maximum atomic E-state index is 13.8. The number of carbonyl (C=O) groups is 1. The number of ether oxygens (including phenoxy) is 2. The summed E-state index contributed by atoms with van der Waals surface area (Å²) in [5, 5.41) is 12.5. The highest BCUT2D eigenvalue weighted by Gasteiger charge is 2.21. The third-order valence-electron chi connectivity index (χ3n) is 5.03. The van der Waals surface area contributed by atoms with E-state index in [-0.39, 0.29) is 11.7 Å². The lowest BCUT2D eigenvalue weighted by Gasteiger charge is -2.18. The number of hydrogen-bond acceptors (Lipinski definition) is 5. The topological polar surface area (TPSA) is 76.3 Å². The number of benzene rings is 2. The molecule has 0 bridgehead atoms. The largest absolute Gasteiger partial charge is 0.486 e. The molecule has 0 saturated heterocycles. The maximum absolute atomic E-state index is 13.8. The van der Waals surface area contributed by atoms with Gasteiger partial charge in [0.1, 0.15) is 30.9 Å². The minimum atomic E-state index is -0.395. The molecule has 2 heterocycles. The number of hydrogen-bond donors (Lipinski definition) is 1. The van der Waals surface area contributed by atoms with Gasteiger partial charge in [-0.05, 0) is 55.8 Å². The summed E-state index contributed by atoms with van der Waals surface area (Å²) in [5.41, 5.74) is 2.40. The van der Waals surface area contributed by atoms with Crippen LogP contribution in [0.5, 0.6) is 11.5 Å². The number of nitrogens with one attached hydrogen (secondary N) is 1. The number of thioether (sulfide) groups is 1. The summed E-state index contributed by atoms with van der Waals surface area (Å²) >= 11 is 1.35. The molecule has 0 fully saturated rings. The fourth-order valence-electron chi connectivity index (χ4n) is 3.43. The van der Waals surface area contributed by atoms with E-state index in [1.54, 1.807) is 16.7 Å². The first-order valence-electron chi connectivity index (χ1n) is 9.68. The van der Waals surface area contributed by atoms with Crippen molar-refractivity contribution in [2.45, 2.75) is 18.7 Å². The average Bonchev–Trinajstić information content (AvgIpc) is 3.01. The number of aromatic nitrogens is 1. The maximum Gasteiger partial charge on any atom is 0.235 e. The molecule has 158 valence electrons. The Morgan fingerprint density at radius 2 is 1.97 bits per heavy atom. The predicted molar refractivity (Wildman–Crippen MR) is 117 cm³/mol. The SMILES string of the molecule is Cc1c(C#N)c(NC(=O)CSc2ccc3c(c2)OCCO3)n(-c2cccc(F)c2)c1C. The van der Waals surface area contributed by atoms with Crippen molar-refractivity contribution in [3.05, 3.63) is 65.1 Å². The standard InChI is InChI=1S/C23H20FN3O3S/c1-14-15(2)27(17-5-3-4-16(24)10-17)23(19(14)12-25)26-22(28)13-31-18-6-7-20-21(11-18)30-9-8-29-20/h3-7,10-11H,8-9,13H2,1-2H3,(H,26,28). The number of amides is 1. The van der Waals surface area contributed by atoms with E-state index in [9.17, 15) is 14.4 Å². The normalized spacial score (nSPS) is 12.3. The fraction of sp³-hybridized carbons (Fsp3) is 0.217. The molecular formula is C23H20FN3O3S. The van der Waals surface area contributed by atoms with E-state index < -0.39 is 5.82 Å². The van der Waals surface area contributed by atoms with Crippen molar-refractivity contribution in [2.75, 3.05) is 24.3 Å². The van der Waals surface area contributed by atoms with Crippen LogP contribution in [0.25, 0.3) is 5.69 Å². The zero-order chi connectivity index (χ0) is 22.0. The minimum Gasteiger partial charge on any atom is -0.486 e. The van der Waals surface area contributed by atoms with E-state index in [1.165, 1.54) is 23.9 Å². The van der Waals surface area contributed by atoms with Crippen molar-refractivity contribution in [3.8, 4) is 23.3 Å². The van der Waals surface area contributed by atoms with E-state index in [4.69, 9.17) is 9.47 Å². The molecule has 3 aromatic rings. The molecular weight excluding hydrogens is 417 g/mol. The van der Waals surface area contributed by atoms with Crippen molar-refractivity contribution >= 4 is 23.5 Å². The summed E-state index contributed by atoms with van der Waals surface area (Å²) in [6, 6.07) is 13.7. The third kappa shape index (κ3) is 4.23. The van der Waals surface area contributed by atoms with Crippen LogP contribution >= 0.6 is 11.8 Å². The van der Waals surface area contributed by atoms with E-state index in [0.717, 1.165) is 16.2 Å². The van der Waals surface area contributed by atoms with Crippen LogP contribution in [0.1, 0.15) is 16.8 Å². The molecule has 0 radical (unpaired) electrons. The lowest BCUT2D eigenvalue weighted by molar-refractivity contribution is -0.113. The Hall–Kier alpha value is -3.44. The molecule has 0 unspecified atom stereocenters. The molecule has 0 aliphatic carbocycles. The van der Waals surface area contributed by atoms with Crippen LogP contribution in [0.15, 0.2) is 47.4 Å². The number of carbonyl (C=O) groups excluding carboxylic acids is 1. The molecule has 31 heavy (non-hydrogen) atoms. The Balaban J connectivity index is 1.55. The van der Waals surface area contributed by atoms with Gasteiger partial charge in [0.15, 0.2) is 11.5 Å². The Bertz CT molecular complexity index is 1200. The third-order valence-corrected chi connectivity index (χ3v) is 6.03. The second-order valence-corrected chi connectivity index (χ2v) is 8.05. The summed E-state index contributed by atoms with van der Waals surface area (Å²) in [6.45, 7) is 4.66. The van der Waals surface area contributed by atoms with Crippen LogP contribution in [0, 0.1) is 31.0 Å². The molecule has 1 aromatic heterocycles. The number of anilines is 1. The molecule has 0 spiro atoms. The van der Waals surface area contributed by atoms with Crippen LogP contribution in [0.4, 0.5) is 10.2 Å². The minimum absolute atomic E-state index is 0.136. The van der Waals surface area contributed by atoms with Gasteiger partial charge in [-0.1, -0.05) is 6.07 Å². The van der Waals surface area contributed by atoms with Gasteiger partial charge in [0.25, 0.3) is 0 Å². The lowest BCUT2D eigenvalue weighted by Crippen LogP contribution is -2.18. The Kier molecular flexibility index (Phi) is 5.87. The van der Waals surface area contributed by atoms with Gasteiger partial charge in [-0.2, -0.15) is 5.26 Å². The van der Waals surface area contributed by atoms with Gasteiger partial charge < -0.3 is 14.8 Å². The summed E-state index contributed by atoms with van der Waals surface area (Å²) in [7, 11) is 0. The van der Waals surface area contributed by atoms with Gasteiger partial charge in [0, 0.05) is 10.6 Å². The van der Waals surface area contributed by atoms with Gasteiger partial charge in [-0.25, -0.2) is 4.39 Å². The van der Waals surface area contributed by atoms with Crippen molar-refractivity contribution in [1.29, 1.82) is 5.26 Å². The summed E-state index contributed by atoms with van der Waals surface area (Å²) in [4.78, 5) is 13.6. The molecule has 1 aliphatic rings. The molecule has 0 atom stereocenters. The molecule has 1 aliphatic heterocycles. The molecule has 2 aromatic carbocycles. The van der Waals surface area contributed by atoms with Gasteiger partial charge >= 0.3 is 0 Å². The molecule has 6 nitrogen and oxygen atoms in total. The number of nitrogens with zero attached hydrogens (tertiary/aromatic N) is 2. The highest BCUT2D eigenvalue weighted by molar-refractivity contribution is 8.00. The summed E-state index contributed by atoms with van der Waals surface area (Å²) in [6.07, 6.45) is 0. The molecule has 1 N–H and O–H groups in total.